The van der Waals surface area contributed by atoms with Crippen molar-refractivity contribution < 1.29 is 4.79 Å². The summed E-state index contributed by atoms with van der Waals surface area (Å²) in [7, 11) is 0. The van der Waals surface area contributed by atoms with Gasteiger partial charge in [-0.3, -0.25) is 4.79 Å². The molecule has 0 radical (unpaired) electrons. The van der Waals surface area contributed by atoms with Crippen LogP contribution in [-0.2, 0) is 6.42 Å². The molecule has 2 nitrogen and oxygen atoms in total. The van der Waals surface area contributed by atoms with Crippen molar-refractivity contribution in [2.45, 2.75) is 25.7 Å². The fraction of sp³-hybridized carbons (Fsp3) is 0.278. The number of hydrogen-bond acceptors (Lipinski definition) is 2. The number of ketones is 1. The smallest absolute Gasteiger partial charge is 0.171 e. The molecule has 0 spiro atoms. The SMILES string of the molecule is CCCc1ccc(C(=O)C(CN)c2ccccc2)cc1. The summed E-state index contributed by atoms with van der Waals surface area (Å²) in [5.41, 5.74) is 8.80. The molecule has 20 heavy (non-hydrogen) atoms. The van der Waals surface area contributed by atoms with Gasteiger partial charge in [0.1, 0.15) is 0 Å². The van der Waals surface area contributed by atoms with E-state index in [-0.39, 0.29) is 11.7 Å². The van der Waals surface area contributed by atoms with Gasteiger partial charge in [-0.25, -0.2) is 0 Å². The average Bonchev–Trinajstić information content (AvgIpc) is 2.50. The van der Waals surface area contributed by atoms with E-state index in [0.29, 0.717) is 6.54 Å². The summed E-state index contributed by atoms with van der Waals surface area (Å²) in [6.45, 7) is 2.48. The van der Waals surface area contributed by atoms with Crippen LogP contribution < -0.4 is 5.73 Å². The Hall–Kier alpha value is -1.93. The van der Waals surface area contributed by atoms with E-state index in [1.54, 1.807) is 0 Å². The number of nitrogens with two attached hydrogens (primary N) is 1. The molecule has 0 saturated carbocycles. The molecule has 2 aromatic rings. The number of carbonyl (C=O) groups is 1. The van der Waals surface area contributed by atoms with Crippen molar-refractivity contribution in [3.8, 4) is 0 Å². The van der Waals surface area contributed by atoms with E-state index in [1.807, 2.05) is 54.6 Å². The van der Waals surface area contributed by atoms with Crippen LogP contribution in [0.2, 0.25) is 0 Å². The molecule has 2 heteroatoms. The topological polar surface area (TPSA) is 43.1 Å². The number of aryl methyl sites for hydroxylation is 1. The lowest BCUT2D eigenvalue weighted by molar-refractivity contribution is 0.0962. The van der Waals surface area contributed by atoms with Crippen molar-refractivity contribution in [3.63, 3.8) is 0 Å². The van der Waals surface area contributed by atoms with Crippen LogP contribution in [0.25, 0.3) is 0 Å². The van der Waals surface area contributed by atoms with E-state index in [1.165, 1.54) is 5.56 Å². The van der Waals surface area contributed by atoms with Gasteiger partial charge in [-0.1, -0.05) is 67.9 Å². The second-order valence-corrected chi connectivity index (χ2v) is 5.01. The molecule has 0 heterocycles. The van der Waals surface area contributed by atoms with Crippen LogP contribution >= 0.6 is 0 Å². The molecule has 0 fully saturated rings. The number of benzene rings is 2. The molecule has 0 aliphatic heterocycles. The summed E-state index contributed by atoms with van der Waals surface area (Å²) in [5, 5.41) is 0. The van der Waals surface area contributed by atoms with Crippen molar-refractivity contribution in [3.05, 3.63) is 71.3 Å². The molecular formula is C18H21NO. The zero-order chi connectivity index (χ0) is 14.4. The van der Waals surface area contributed by atoms with Gasteiger partial charge in [0.05, 0.1) is 5.92 Å². The summed E-state index contributed by atoms with van der Waals surface area (Å²) >= 11 is 0. The molecule has 2 aromatic carbocycles. The van der Waals surface area contributed by atoms with E-state index >= 15 is 0 Å². The predicted molar refractivity (Wildman–Crippen MR) is 83.0 cm³/mol. The lowest BCUT2D eigenvalue weighted by atomic mass is 9.90. The number of Topliss-reactive ketones (excluding diaryl/α,β-unsaturated/α-hetero) is 1. The minimum absolute atomic E-state index is 0.0988. The molecule has 2 rings (SSSR count). The van der Waals surface area contributed by atoms with Gasteiger partial charge in [0, 0.05) is 12.1 Å². The number of carbonyl (C=O) groups excluding carboxylic acids is 1. The van der Waals surface area contributed by atoms with Gasteiger partial charge >= 0.3 is 0 Å². The first-order valence-electron chi connectivity index (χ1n) is 7.14. The molecule has 0 amide bonds. The van der Waals surface area contributed by atoms with Crippen LogP contribution in [0, 0.1) is 0 Å². The highest BCUT2D eigenvalue weighted by Crippen LogP contribution is 2.20. The summed E-state index contributed by atoms with van der Waals surface area (Å²) in [6, 6.07) is 17.6. The van der Waals surface area contributed by atoms with Gasteiger partial charge in [-0.15, -0.1) is 0 Å². The van der Waals surface area contributed by atoms with Crippen molar-refractivity contribution >= 4 is 5.78 Å². The highest BCUT2D eigenvalue weighted by Gasteiger charge is 2.20. The Kier molecular flexibility index (Phi) is 5.08. The standard InChI is InChI=1S/C18H21NO/c1-2-6-14-9-11-16(12-10-14)18(20)17(13-19)15-7-4-3-5-8-15/h3-5,7-12,17H,2,6,13,19H2,1H3. The van der Waals surface area contributed by atoms with Crippen molar-refractivity contribution in [2.75, 3.05) is 6.54 Å². The number of rotatable bonds is 6. The molecule has 1 atom stereocenters. The average molecular weight is 267 g/mol. The van der Waals surface area contributed by atoms with Gasteiger partial charge in [0.15, 0.2) is 5.78 Å². The third kappa shape index (κ3) is 3.34. The lowest BCUT2D eigenvalue weighted by Gasteiger charge is -2.14. The lowest BCUT2D eigenvalue weighted by Crippen LogP contribution is -2.21. The normalized spacial score (nSPS) is 12.1. The quantitative estimate of drug-likeness (QED) is 0.813. The Labute approximate surface area is 120 Å². The van der Waals surface area contributed by atoms with Crippen molar-refractivity contribution in [2.24, 2.45) is 5.73 Å². The summed E-state index contributed by atoms with van der Waals surface area (Å²) in [6.07, 6.45) is 2.16. The van der Waals surface area contributed by atoms with Crippen LogP contribution in [0.4, 0.5) is 0 Å². The van der Waals surface area contributed by atoms with E-state index in [2.05, 4.69) is 6.92 Å². The third-order valence-electron chi connectivity index (χ3n) is 3.53. The van der Waals surface area contributed by atoms with Gasteiger partial charge in [0.2, 0.25) is 0 Å². The summed E-state index contributed by atoms with van der Waals surface area (Å²) in [4.78, 5) is 12.6. The largest absolute Gasteiger partial charge is 0.329 e. The Morgan fingerprint density at radius 1 is 1.05 bits per heavy atom. The van der Waals surface area contributed by atoms with Crippen LogP contribution in [0.5, 0.6) is 0 Å². The second-order valence-electron chi connectivity index (χ2n) is 5.01. The van der Waals surface area contributed by atoms with Crippen LogP contribution in [0.1, 0.15) is 40.7 Å². The fourth-order valence-corrected chi connectivity index (χ4v) is 2.41. The molecular weight excluding hydrogens is 246 g/mol. The fourth-order valence-electron chi connectivity index (χ4n) is 2.41. The third-order valence-corrected chi connectivity index (χ3v) is 3.53. The summed E-state index contributed by atoms with van der Waals surface area (Å²) < 4.78 is 0. The Balaban J connectivity index is 2.20. The minimum Gasteiger partial charge on any atom is -0.329 e. The molecule has 0 bridgehead atoms. The minimum atomic E-state index is -0.256. The maximum Gasteiger partial charge on any atom is 0.171 e. The highest BCUT2D eigenvalue weighted by atomic mass is 16.1. The summed E-state index contributed by atoms with van der Waals surface area (Å²) in [5.74, 6) is -0.157. The first kappa shape index (κ1) is 14.5. The predicted octanol–water partition coefficient (Wildman–Crippen LogP) is 3.56. The molecule has 0 aliphatic carbocycles. The monoisotopic (exact) mass is 267 g/mol. The van der Waals surface area contributed by atoms with Gasteiger partial charge in [0.25, 0.3) is 0 Å². The maximum atomic E-state index is 12.6. The molecule has 1 unspecified atom stereocenters. The van der Waals surface area contributed by atoms with Crippen LogP contribution in [0.3, 0.4) is 0 Å². The first-order chi connectivity index (χ1) is 9.76. The molecule has 0 aromatic heterocycles. The van der Waals surface area contributed by atoms with Gasteiger partial charge in [-0.2, -0.15) is 0 Å². The Morgan fingerprint density at radius 3 is 2.25 bits per heavy atom. The van der Waals surface area contributed by atoms with Gasteiger partial charge in [-0.05, 0) is 17.5 Å². The molecule has 2 N–H and O–H groups in total. The first-order valence-corrected chi connectivity index (χ1v) is 7.14. The molecule has 104 valence electrons. The zero-order valence-electron chi connectivity index (χ0n) is 11.9. The van der Waals surface area contributed by atoms with Crippen LogP contribution in [0.15, 0.2) is 54.6 Å². The van der Waals surface area contributed by atoms with E-state index < -0.39 is 0 Å². The molecule has 0 aliphatic rings. The Morgan fingerprint density at radius 2 is 1.70 bits per heavy atom. The number of hydrogen-bond donors (Lipinski definition) is 1. The van der Waals surface area contributed by atoms with Crippen molar-refractivity contribution in [1.82, 2.24) is 0 Å². The highest BCUT2D eigenvalue weighted by molar-refractivity contribution is 6.01. The van der Waals surface area contributed by atoms with Gasteiger partial charge < -0.3 is 5.73 Å². The van der Waals surface area contributed by atoms with E-state index in [9.17, 15) is 4.79 Å². The van der Waals surface area contributed by atoms with E-state index in [4.69, 9.17) is 5.73 Å². The van der Waals surface area contributed by atoms with E-state index in [0.717, 1.165) is 24.0 Å². The van der Waals surface area contributed by atoms with Crippen molar-refractivity contribution in [1.29, 1.82) is 0 Å². The Bertz CT molecular complexity index is 545. The zero-order valence-corrected chi connectivity index (χ0v) is 11.9. The molecule has 0 saturated heterocycles. The second kappa shape index (κ2) is 7.01. The van der Waals surface area contributed by atoms with Crippen LogP contribution in [-0.4, -0.2) is 12.3 Å². The maximum absolute atomic E-state index is 12.6.